The molecule has 0 spiro atoms. The lowest BCUT2D eigenvalue weighted by molar-refractivity contribution is 0.0980. The van der Waals surface area contributed by atoms with E-state index in [1.807, 2.05) is 12.1 Å². The van der Waals surface area contributed by atoms with Crippen molar-refractivity contribution in [1.29, 1.82) is 0 Å². The molecule has 0 fully saturated rings. The molecule has 1 aliphatic rings. The Morgan fingerprint density at radius 3 is 2.53 bits per heavy atom. The molecule has 0 aliphatic heterocycles. The third kappa shape index (κ3) is 2.90. The Morgan fingerprint density at radius 2 is 1.88 bits per heavy atom. The molecule has 17 heavy (non-hydrogen) atoms. The molecule has 2 heteroatoms. The van der Waals surface area contributed by atoms with Crippen molar-refractivity contribution < 1.29 is 4.79 Å². The fourth-order valence-corrected chi connectivity index (χ4v) is 2.73. The van der Waals surface area contributed by atoms with E-state index in [1.54, 1.807) is 0 Å². The highest BCUT2D eigenvalue weighted by atomic mass is 35.5. The minimum absolute atomic E-state index is 0.199. The number of ketones is 1. The van der Waals surface area contributed by atoms with Crippen LogP contribution in [0.1, 0.15) is 60.5 Å². The molecular weight excluding hydrogens is 232 g/mol. The highest BCUT2D eigenvalue weighted by molar-refractivity contribution is 6.34. The van der Waals surface area contributed by atoms with Crippen molar-refractivity contribution in [3.8, 4) is 0 Å². The van der Waals surface area contributed by atoms with E-state index in [4.69, 9.17) is 11.6 Å². The summed E-state index contributed by atoms with van der Waals surface area (Å²) in [4.78, 5) is 12.0. The minimum Gasteiger partial charge on any atom is -0.294 e. The standard InChI is InChI=1S/C15H19ClO/c1-2-3-8-15(17)13-9-11-6-4-5-7-12(11)10-14(13)16/h9-10H,2-8H2,1H3. The van der Waals surface area contributed by atoms with Gasteiger partial charge in [-0.25, -0.2) is 0 Å². The van der Waals surface area contributed by atoms with Crippen LogP contribution in [0.25, 0.3) is 0 Å². The van der Waals surface area contributed by atoms with Crippen molar-refractivity contribution in [2.45, 2.75) is 51.9 Å². The zero-order valence-electron chi connectivity index (χ0n) is 10.4. The first-order valence-corrected chi connectivity index (χ1v) is 6.94. The number of fused-ring (bicyclic) bond motifs is 1. The van der Waals surface area contributed by atoms with E-state index in [0.29, 0.717) is 11.4 Å². The van der Waals surface area contributed by atoms with Gasteiger partial charge in [-0.05, 0) is 55.4 Å². The molecule has 0 N–H and O–H groups in total. The fourth-order valence-electron chi connectivity index (χ4n) is 2.44. The molecule has 0 saturated heterocycles. The van der Waals surface area contributed by atoms with Crippen LogP contribution in [0.5, 0.6) is 0 Å². The van der Waals surface area contributed by atoms with Gasteiger partial charge in [0.05, 0.1) is 5.02 Å². The van der Waals surface area contributed by atoms with Gasteiger partial charge in [-0.1, -0.05) is 24.9 Å². The molecule has 0 heterocycles. The lowest BCUT2D eigenvalue weighted by Crippen LogP contribution is -2.07. The van der Waals surface area contributed by atoms with Gasteiger partial charge in [0.2, 0.25) is 0 Å². The number of halogens is 1. The molecule has 92 valence electrons. The third-order valence-corrected chi connectivity index (χ3v) is 3.80. The lowest BCUT2D eigenvalue weighted by atomic mass is 9.89. The number of rotatable bonds is 4. The molecular formula is C15H19ClO. The molecule has 0 bridgehead atoms. The van der Waals surface area contributed by atoms with Gasteiger partial charge in [0.25, 0.3) is 0 Å². The van der Waals surface area contributed by atoms with Crippen molar-refractivity contribution in [2.24, 2.45) is 0 Å². The molecule has 2 rings (SSSR count). The summed E-state index contributed by atoms with van der Waals surface area (Å²) in [5, 5.41) is 0.645. The maximum absolute atomic E-state index is 12.0. The quantitative estimate of drug-likeness (QED) is 0.715. The first-order valence-electron chi connectivity index (χ1n) is 6.57. The number of hydrogen-bond donors (Lipinski definition) is 0. The molecule has 0 atom stereocenters. The highest BCUT2D eigenvalue weighted by Crippen LogP contribution is 2.28. The zero-order chi connectivity index (χ0) is 12.3. The summed E-state index contributed by atoms with van der Waals surface area (Å²) in [6.07, 6.45) is 7.30. The first-order chi connectivity index (χ1) is 8.22. The van der Waals surface area contributed by atoms with E-state index in [0.717, 1.165) is 31.2 Å². The summed E-state index contributed by atoms with van der Waals surface area (Å²) in [6, 6.07) is 4.05. The first kappa shape index (κ1) is 12.6. The van der Waals surface area contributed by atoms with Crippen LogP contribution in [0.2, 0.25) is 5.02 Å². The van der Waals surface area contributed by atoms with E-state index in [1.165, 1.54) is 24.0 Å². The van der Waals surface area contributed by atoms with Crippen LogP contribution >= 0.6 is 11.6 Å². The molecule has 0 radical (unpaired) electrons. The number of unbranched alkanes of at least 4 members (excludes halogenated alkanes) is 1. The number of carbonyl (C=O) groups excluding carboxylic acids is 1. The average molecular weight is 251 g/mol. The van der Waals surface area contributed by atoms with Gasteiger partial charge in [-0.15, -0.1) is 0 Å². The van der Waals surface area contributed by atoms with Crippen LogP contribution in [0.4, 0.5) is 0 Å². The smallest absolute Gasteiger partial charge is 0.164 e. The summed E-state index contributed by atoms with van der Waals surface area (Å²) in [5.41, 5.74) is 3.41. The van der Waals surface area contributed by atoms with Crippen molar-refractivity contribution in [3.05, 3.63) is 33.8 Å². The van der Waals surface area contributed by atoms with E-state index >= 15 is 0 Å². The normalized spacial score (nSPS) is 14.5. The van der Waals surface area contributed by atoms with E-state index in [2.05, 4.69) is 6.92 Å². The maximum Gasteiger partial charge on any atom is 0.164 e. The summed E-state index contributed by atoms with van der Waals surface area (Å²) in [5.74, 6) is 0.199. The predicted octanol–water partition coefficient (Wildman–Crippen LogP) is 4.59. The summed E-state index contributed by atoms with van der Waals surface area (Å²) in [7, 11) is 0. The third-order valence-electron chi connectivity index (χ3n) is 3.49. The summed E-state index contributed by atoms with van der Waals surface area (Å²) >= 11 is 6.21. The number of aryl methyl sites for hydroxylation is 2. The van der Waals surface area contributed by atoms with Crippen LogP contribution < -0.4 is 0 Å². The lowest BCUT2D eigenvalue weighted by Gasteiger charge is -2.17. The molecule has 1 nitrogen and oxygen atoms in total. The Morgan fingerprint density at radius 1 is 1.24 bits per heavy atom. The van der Waals surface area contributed by atoms with Gasteiger partial charge in [-0.3, -0.25) is 4.79 Å². The largest absolute Gasteiger partial charge is 0.294 e. The van der Waals surface area contributed by atoms with Gasteiger partial charge < -0.3 is 0 Å². The minimum atomic E-state index is 0.199. The zero-order valence-corrected chi connectivity index (χ0v) is 11.1. The fraction of sp³-hybridized carbons (Fsp3) is 0.533. The molecule has 1 aromatic rings. The van der Waals surface area contributed by atoms with Crippen molar-refractivity contribution in [3.63, 3.8) is 0 Å². The van der Waals surface area contributed by atoms with E-state index in [9.17, 15) is 4.79 Å². The van der Waals surface area contributed by atoms with Crippen LogP contribution in [0.15, 0.2) is 12.1 Å². The predicted molar refractivity (Wildman–Crippen MR) is 71.9 cm³/mol. The van der Waals surface area contributed by atoms with Crippen LogP contribution in [-0.4, -0.2) is 5.78 Å². The molecule has 0 aromatic heterocycles. The summed E-state index contributed by atoms with van der Waals surface area (Å²) < 4.78 is 0. The second-order valence-electron chi connectivity index (χ2n) is 4.83. The SMILES string of the molecule is CCCCC(=O)c1cc2c(cc1Cl)CCCC2. The van der Waals surface area contributed by atoms with Crippen LogP contribution in [0.3, 0.4) is 0 Å². The van der Waals surface area contributed by atoms with Crippen LogP contribution in [-0.2, 0) is 12.8 Å². The highest BCUT2D eigenvalue weighted by Gasteiger charge is 2.16. The van der Waals surface area contributed by atoms with Crippen molar-refractivity contribution in [2.75, 3.05) is 0 Å². The number of hydrogen-bond acceptors (Lipinski definition) is 1. The van der Waals surface area contributed by atoms with Gasteiger partial charge >= 0.3 is 0 Å². The van der Waals surface area contributed by atoms with Crippen molar-refractivity contribution in [1.82, 2.24) is 0 Å². The number of Topliss-reactive ketones (excluding diaryl/α,β-unsaturated/α-hetero) is 1. The summed E-state index contributed by atoms with van der Waals surface area (Å²) in [6.45, 7) is 2.10. The molecule has 0 amide bonds. The number of carbonyl (C=O) groups is 1. The Kier molecular flexibility index (Phi) is 4.22. The van der Waals surface area contributed by atoms with Gasteiger partial charge in [0.1, 0.15) is 0 Å². The topological polar surface area (TPSA) is 17.1 Å². The van der Waals surface area contributed by atoms with Crippen LogP contribution in [0, 0.1) is 0 Å². The van der Waals surface area contributed by atoms with E-state index in [-0.39, 0.29) is 5.78 Å². The molecule has 0 unspecified atom stereocenters. The Balaban J connectivity index is 2.25. The monoisotopic (exact) mass is 250 g/mol. The Hall–Kier alpha value is -0.820. The van der Waals surface area contributed by atoms with Gasteiger partial charge in [0.15, 0.2) is 5.78 Å². The van der Waals surface area contributed by atoms with Gasteiger partial charge in [-0.2, -0.15) is 0 Å². The van der Waals surface area contributed by atoms with E-state index < -0.39 is 0 Å². The second-order valence-corrected chi connectivity index (χ2v) is 5.24. The maximum atomic E-state index is 12.0. The average Bonchev–Trinajstić information content (AvgIpc) is 2.35. The van der Waals surface area contributed by atoms with Gasteiger partial charge in [0, 0.05) is 12.0 Å². The second kappa shape index (κ2) is 5.68. The Bertz CT molecular complexity index is 423. The number of benzene rings is 1. The molecule has 1 aliphatic carbocycles. The van der Waals surface area contributed by atoms with Crippen molar-refractivity contribution >= 4 is 17.4 Å². The Labute approximate surface area is 108 Å². The molecule has 0 saturated carbocycles. The molecule has 1 aromatic carbocycles.